The number of amides is 1. The monoisotopic (exact) mass is 395 g/mol. The van der Waals surface area contributed by atoms with Gasteiger partial charge in [-0.2, -0.15) is 0 Å². The molecule has 0 saturated carbocycles. The zero-order valence-electron chi connectivity index (χ0n) is 16.6. The molecule has 0 saturated heterocycles. The number of benzene rings is 3. The van der Waals surface area contributed by atoms with E-state index in [0.29, 0.717) is 18.5 Å². The number of ether oxygens (including phenoxy) is 1. The summed E-state index contributed by atoms with van der Waals surface area (Å²) in [6.07, 6.45) is 0.554. The van der Waals surface area contributed by atoms with Crippen LogP contribution in [0.3, 0.4) is 0 Å². The minimum atomic E-state index is -0.325. The first-order valence-corrected chi connectivity index (χ1v) is 9.85. The standard InChI is InChI=1S/C26H21NO3/c1-18(28)23-9-5-6-10-24(23)20-12-13-25-21(15-20)16-22(30-25)17-27-26(29)14-11-19-7-3-2-4-8-19/h2-10,12-13,15,22H,16-17H2,1H3,(H,27,29)/t22-/m1/s1. The van der Waals surface area contributed by atoms with Gasteiger partial charge in [0, 0.05) is 23.5 Å². The van der Waals surface area contributed by atoms with Crippen LogP contribution in [0.2, 0.25) is 0 Å². The SMILES string of the molecule is CC(=O)c1ccccc1-c1ccc2c(c1)C[C@H](CNC(=O)C#Cc1ccccc1)O2. The minimum absolute atomic E-state index is 0.0412. The van der Waals surface area contributed by atoms with Gasteiger partial charge in [-0.15, -0.1) is 0 Å². The van der Waals surface area contributed by atoms with Crippen LogP contribution in [-0.2, 0) is 11.2 Å². The van der Waals surface area contributed by atoms with Gasteiger partial charge in [-0.25, -0.2) is 0 Å². The smallest absolute Gasteiger partial charge is 0.296 e. The van der Waals surface area contributed by atoms with Crippen LogP contribution in [0.5, 0.6) is 5.75 Å². The minimum Gasteiger partial charge on any atom is -0.488 e. The van der Waals surface area contributed by atoms with Crippen LogP contribution in [0.15, 0.2) is 72.8 Å². The van der Waals surface area contributed by atoms with E-state index in [0.717, 1.165) is 28.0 Å². The van der Waals surface area contributed by atoms with E-state index >= 15 is 0 Å². The fraction of sp³-hybridized carbons (Fsp3) is 0.154. The van der Waals surface area contributed by atoms with Gasteiger partial charge in [0.25, 0.3) is 5.91 Å². The van der Waals surface area contributed by atoms with Crippen LogP contribution in [0, 0.1) is 11.8 Å². The Labute approximate surface area is 175 Å². The summed E-state index contributed by atoms with van der Waals surface area (Å²) in [6.45, 7) is 1.96. The summed E-state index contributed by atoms with van der Waals surface area (Å²) in [6, 6.07) is 23.0. The predicted octanol–water partition coefficient (Wildman–Crippen LogP) is 4.03. The number of nitrogens with one attached hydrogen (secondary N) is 1. The molecule has 1 amide bonds. The molecular formula is C26H21NO3. The highest BCUT2D eigenvalue weighted by atomic mass is 16.5. The average Bonchev–Trinajstić information content (AvgIpc) is 3.19. The predicted molar refractivity (Wildman–Crippen MR) is 116 cm³/mol. The Morgan fingerprint density at radius 1 is 1.03 bits per heavy atom. The fourth-order valence-corrected chi connectivity index (χ4v) is 3.54. The van der Waals surface area contributed by atoms with E-state index in [9.17, 15) is 9.59 Å². The molecule has 4 nitrogen and oxygen atoms in total. The number of rotatable bonds is 4. The number of hydrogen-bond donors (Lipinski definition) is 1. The molecule has 1 aliphatic heterocycles. The third-order valence-corrected chi connectivity index (χ3v) is 5.00. The van der Waals surface area contributed by atoms with E-state index in [2.05, 4.69) is 23.2 Å². The van der Waals surface area contributed by atoms with Crippen molar-refractivity contribution in [2.45, 2.75) is 19.4 Å². The lowest BCUT2D eigenvalue weighted by Crippen LogP contribution is -2.33. The molecule has 0 aliphatic carbocycles. The summed E-state index contributed by atoms with van der Waals surface area (Å²) < 4.78 is 5.96. The largest absolute Gasteiger partial charge is 0.488 e. The zero-order valence-corrected chi connectivity index (χ0v) is 16.6. The van der Waals surface area contributed by atoms with Crippen molar-refractivity contribution in [1.82, 2.24) is 5.32 Å². The van der Waals surface area contributed by atoms with Crippen molar-refractivity contribution in [1.29, 1.82) is 0 Å². The third kappa shape index (κ3) is 4.42. The molecule has 0 aromatic heterocycles. The van der Waals surface area contributed by atoms with Crippen molar-refractivity contribution < 1.29 is 14.3 Å². The molecule has 1 N–H and O–H groups in total. The van der Waals surface area contributed by atoms with Gasteiger partial charge in [-0.3, -0.25) is 9.59 Å². The lowest BCUT2D eigenvalue weighted by atomic mass is 9.95. The Hall–Kier alpha value is -3.84. The van der Waals surface area contributed by atoms with Crippen molar-refractivity contribution in [3.8, 4) is 28.7 Å². The zero-order chi connectivity index (χ0) is 20.9. The second-order valence-electron chi connectivity index (χ2n) is 7.19. The van der Waals surface area contributed by atoms with Crippen LogP contribution >= 0.6 is 0 Å². The lowest BCUT2D eigenvalue weighted by Gasteiger charge is -2.10. The molecule has 148 valence electrons. The number of Topliss-reactive ketones (excluding diaryl/α,β-unsaturated/α-hetero) is 1. The Balaban J connectivity index is 1.40. The quantitative estimate of drug-likeness (QED) is 0.536. The molecular weight excluding hydrogens is 374 g/mol. The second-order valence-corrected chi connectivity index (χ2v) is 7.19. The van der Waals surface area contributed by atoms with Gasteiger partial charge >= 0.3 is 0 Å². The molecule has 0 bridgehead atoms. The fourth-order valence-electron chi connectivity index (χ4n) is 3.54. The van der Waals surface area contributed by atoms with Crippen molar-refractivity contribution in [2.75, 3.05) is 6.54 Å². The van der Waals surface area contributed by atoms with E-state index in [4.69, 9.17) is 4.74 Å². The van der Waals surface area contributed by atoms with E-state index in [-0.39, 0.29) is 17.8 Å². The second kappa shape index (κ2) is 8.67. The lowest BCUT2D eigenvalue weighted by molar-refractivity contribution is -0.116. The van der Waals surface area contributed by atoms with Gasteiger partial charge in [0.1, 0.15) is 11.9 Å². The molecule has 0 unspecified atom stereocenters. The molecule has 0 spiro atoms. The van der Waals surface area contributed by atoms with Crippen molar-refractivity contribution in [2.24, 2.45) is 0 Å². The van der Waals surface area contributed by atoms with Gasteiger partial charge < -0.3 is 10.1 Å². The van der Waals surface area contributed by atoms with Crippen molar-refractivity contribution >= 4 is 11.7 Å². The molecule has 0 radical (unpaired) electrons. The van der Waals surface area contributed by atoms with Crippen molar-refractivity contribution in [3.63, 3.8) is 0 Å². The van der Waals surface area contributed by atoms with Crippen LogP contribution in [0.1, 0.15) is 28.4 Å². The number of carbonyl (C=O) groups is 2. The number of hydrogen-bond acceptors (Lipinski definition) is 3. The van der Waals surface area contributed by atoms with Crippen LogP contribution in [-0.4, -0.2) is 24.3 Å². The molecule has 3 aromatic rings. The molecule has 1 atom stereocenters. The Kier molecular flexibility index (Phi) is 5.63. The molecule has 0 fully saturated rings. The van der Waals surface area contributed by atoms with E-state index in [1.807, 2.05) is 66.7 Å². The first-order chi connectivity index (χ1) is 14.6. The van der Waals surface area contributed by atoms with Gasteiger partial charge in [-0.1, -0.05) is 54.5 Å². The van der Waals surface area contributed by atoms with Crippen molar-refractivity contribution in [3.05, 3.63) is 89.5 Å². The molecule has 1 aliphatic rings. The highest BCUT2D eigenvalue weighted by Gasteiger charge is 2.24. The van der Waals surface area contributed by atoms with Gasteiger partial charge in [-0.05, 0) is 47.9 Å². The highest BCUT2D eigenvalue weighted by Crippen LogP contribution is 2.34. The third-order valence-electron chi connectivity index (χ3n) is 5.00. The van der Waals surface area contributed by atoms with Gasteiger partial charge in [0.15, 0.2) is 5.78 Å². The molecule has 4 heteroatoms. The summed E-state index contributed by atoms with van der Waals surface area (Å²) in [4.78, 5) is 24.0. The number of carbonyl (C=O) groups excluding carboxylic acids is 2. The van der Waals surface area contributed by atoms with Crippen LogP contribution < -0.4 is 10.1 Å². The maximum atomic E-state index is 12.0. The first kappa shape index (κ1) is 19.5. The van der Waals surface area contributed by atoms with Gasteiger partial charge in [0.05, 0.1) is 6.54 Å². The molecule has 4 rings (SSSR count). The maximum Gasteiger partial charge on any atom is 0.296 e. The summed E-state index contributed by atoms with van der Waals surface area (Å²) >= 11 is 0. The van der Waals surface area contributed by atoms with E-state index in [1.54, 1.807) is 6.92 Å². The van der Waals surface area contributed by atoms with Gasteiger partial charge in [0.2, 0.25) is 0 Å². The number of ketones is 1. The van der Waals surface area contributed by atoms with E-state index < -0.39 is 0 Å². The van der Waals surface area contributed by atoms with Crippen LogP contribution in [0.4, 0.5) is 0 Å². The summed E-state index contributed by atoms with van der Waals surface area (Å²) in [5, 5.41) is 2.82. The molecule has 1 heterocycles. The van der Waals surface area contributed by atoms with E-state index in [1.165, 1.54) is 0 Å². The number of fused-ring (bicyclic) bond motifs is 1. The maximum absolute atomic E-state index is 12.0. The first-order valence-electron chi connectivity index (χ1n) is 9.85. The molecule has 3 aromatic carbocycles. The average molecular weight is 395 g/mol. The van der Waals surface area contributed by atoms with Crippen LogP contribution in [0.25, 0.3) is 11.1 Å². The summed E-state index contributed by atoms with van der Waals surface area (Å²) in [7, 11) is 0. The topological polar surface area (TPSA) is 55.4 Å². The Morgan fingerprint density at radius 2 is 1.80 bits per heavy atom. The highest BCUT2D eigenvalue weighted by molar-refractivity contribution is 6.00. The molecule has 30 heavy (non-hydrogen) atoms. The summed E-state index contributed by atoms with van der Waals surface area (Å²) in [5.41, 5.74) is 4.48. The summed E-state index contributed by atoms with van der Waals surface area (Å²) in [5.74, 6) is 5.98. The Morgan fingerprint density at radius 3 is 2.60 bits per heavy atom. The Bertz CT molecular complexity index is 1160. The normalized spacial score (nSPS) is 14.1.